The molecule has 1 aromatic rings. The Labute approximate surface area is 92.1 Å². The van der Waals surface area contributed by atoms with Crippen LogP contribution in [-0.4, -0.2) is 12.5 Å². The van der Waals surface area contributed by atoms with E-state index in [1.54, 1.807) is 11.3 Å². The number of hydrogen-bond acceptors (Lipinski definition) is 3. The molecule has 1 aliphatic rings. The Morgan fingerprint density at radius 2 is 2.43 bits per heavy atom. The van der Waals surface area contributed by atoms with Gasteiger partial charge in [-0.05, 0) is 18.1 Å². The third-order valence-electron chi connectivity index (χ3n) is 2.15. The van der Waals surface area contributed by atoms with E-state index in [9.17, 15) is 4.79 Å². The summed E-state index contributed by atoms with van der Waals surface area (Å²) in [5.41, 5.74) is 1.36. The first kappa shape index (κ1) is 10.1. The summed E-state index contributed by atoms with van der Waals surface area (Å²) in [6.07, 6.45) is 0.993. The molecular formula is C10H13NOS2. The number of hydrogen-bond donors (Lipinski definition) is 1. The molecule has 2 heterocycles. The topological polar surface area (TPSA) is 29.1 Å². The van der Waals surface area contributed by atoms with E-state index in [1.165, 1.54) is 10.4 Å². The zero-order valence-corrected chi connectivity index (χ0v) is 9.76. The Balaban J connectivity index is 2.06. The Hall–Kier alpha value is -0.480. The predicted octanol–water partition coefficient (Wildman–Crippen LogP) is 2.63. The summed E-state index contributed by atoms with van der Waals surface area (Å²) in [5.74, 6) is 2.25. The minimum Gasteiger partial charge on any atom is -0.351 e. The first-order valence-electron chi connectivity index (χ1n) is 4.78. The Bertz CT molecular complexity index is 324. The van der Waals surface area contributed by atoms with Crippen LogP contribution in [0.3, 0.4) is 0 Å². The molecule has 2 rings (SSSR count). The number of carbonyl (C=O) groups excluding carboxylic acids is 1. The van der Waals surface area contributed by atoms with Crippen molar-refractivity contribution in [1.29, 1.82) is 0 Å². The molecule has 0 fully saturated rings. The number of amides is 1. The van der Waals surface area contributed by atoms with Crippen LogP contribution in [0.5, 0.6) is 0 Å². The Morgan fingerprint density at radius 3 is 3.14 bits per heavy atom. The molecule has 0 radical (unpaired) electrons. The highest BCUT2D eigenvalue weighted by molar-refractivity contribution is 7.98. The molecule has 0 atom stereocenters. The molecule has 1 amide bonds. The highest BCUT2D eigenvalue weighted by Crippen LogP contribution is 2.36. The maximum Gasteiger partial charge on any atom is 0.261 e. The van der Waals surface area contributed by atoms with Crippen molar-refractivity contribution >= 4 is 29.0 Å². The van der Waals surface area contributed by atoms with E-state index in [1.807, 2.05) is 17.8 Å². The summed E-state index contributed by atoms with van der Waals surface area (Å²) in [6, 6.07) is 2.05. The van der Waals surface area contributed by atoms with Gasteiger partial charge in [-0.25, -0.2) is 0 Å². The molecule has 0 unspecified atom stereocenters. The van der Waals surface area contributed by atoms with E-state index < -0.39 is 0 Å². The second-order valence-electron chi connectivity index (χ2n) is 3.31. The van der Waals surface area contributed by atoms with Crippen LogP contribution in [0.15, 0.2) is 6.07 Å². The summed E-state index contributed by atoms with van der Waals surface area (Å²) in [6.45, 7) is 2.83. The van der Waals surface area contributed by atoms with Gasteiger partial charge in [0.05, 0.1) is 4.88 Å². The smallest absolute Gasteiger partial charge is 0.261 e. The molecule has 2 nitrogen and oxygen atoms in total. The van der Waals surface area contributed by atoms with Crippen LogP contribution in [0, 0.1) is 0 Å². The van der Waals surface area contributed by atoms with E-state index in [0.717, 1.165) is 29.3 Å². The summed E-state index contributed by atoms with van der Waals surface area (Å²) < 4.78 is 0. The van der Waals surface area contributed by atoms with Crippen LogP contribution in [-0.2, 0) is 11.5 Å². The fraction of sp³-hybridized carbons (Fsp3) is 0.500. The van der Waals surface area contributed by atoms with Gasteiger partial charge >= 0.3 is 0 Å². The summed E-state index contributed by atoms with van der Waals surface area (Å²) in [5, 5.41) is 2.90. The molecule has 1 aliphatic heterocycles. The second-order valence-corrected chi connectivity index (χ2v) is 5.43. The van der Waals surface area contributed by atoms with Crippen molar-refractivity contribution in [2.75, 3.05) is 6.54 Å². The van der Waals surface area contributed by atoms with Crippen LogP contribution in [0.1, 0.15) is 33.5 Å². The molecule has 0 saturated carbocycles. The molecule has 1 N–H and O–H groups in total. The molecular weight excluding hydrogens is 214 g/mol. The van der Waals surface area contributed by atoms with Crippen LogP contribution >= 0.6 is 23.1 Å². The first-order chi connectivity index (χ1) is 6.81. The van der Waals surface area contributed by atoms with Crippen molar-refractivity contribution in [3.05, 3.63) is 21.4 Å². The maximum atomic E-state index is 11.6. The van der Waals surface area contributed by atoms with Gasteiger partial charge in [-0.2, -0.15) is 11.8 Å². The van der Waals surface area contributed by atoms with E-state index in [-0.39, 0.29) is 5.91 Å². The fourth-order valence-corrected chi connectivity index (χ4v) is 3.82. The molecule has 0 saturated heterocycles. The quantitative estimate of drug-likeness (QED) is 0.860. The second kappa shape index (κ2) is 4.36. The number of thiophene rings is 1. The fourth-order valence-electron chi connectivity index (χ4n) is 1.40. The summed E-state index contributed by atoms with van der Waals surface area (Å²) >= 11 is 3.57. The third-order valence-corrected chi connectivity index (χ3v) is 4.51. The minimum absolute atomic E-state index is 0.0938. The third kappa shape index (κ3) is 1.96. The lowest BCUT2D eigenvalue weighted by atomic mass is 10.3. The number of fused-ring (bicyclic) bond motifs is 1. The lowest BCUT2D eigenvalue weighted by molar-refractivity contribution is 0.0957. The SMILES string of the molecule is CCCNC(=O)c1cc2c(s1)CSC2. The normalized spacial score (nSPS) is 14.1. The van der Waals surface area contributed by atoms with Gasteiger partial charge in [0.2, 0.25) is 0 Å². The van der Waals surface area contributed by atoms with E-state index in [4.69, 9.17) is 0 Å². The van der Waals surface area contributed by atoms with E-state index in [0.29, 0.717) is 0 Å². The Kier molecular flexibility index (Phi) is 3.13. The van der Waals surface area contributed by atoms with Gasteiger partial charge in [-0.3, -0.25) is 4.79 Å². The van der Waals surface area contributed by atoms with Crippen LogP contribution < -0.4 is 5.32 Å². The van der Waals surface area contributed by atoms with Crippen LogP contribution in [0.25, 0.3) is 0 Å². The number of carbonyl (C=O) groups is 1. The van der Waals surface area contributed by atoms with Gasteiger partial charge in [-0.1, -0.05) is 6.92 Å². The zero-order chi connectivity index (χ0) is 9.97. The van der Waals surface area contributed by atoms with Crippen LogP contribution in [0.2, 0.25) is 0 Å². The maximum absolute atomic E-state index is 11.6. The summed E-state index contributed by atoms with van der Waals surface area (Å²) in [4.78, 5) is 13.9. The highest BCUT2D eigenvalue weighted by Gasteiger charge is 2.18. The lowest BCUT2D eigenvalue weighted by Crippen LogP contribution is -2.22. The minimum atomic E-state index is 0.0938. The zero-order valence-electron chi connectivity index (χ0n) is 8.13. The summed E-state index contributed by atoms with van der Waals surface area (Å²) in [7, 11) is 0. The number of thioether (sulfide) groups is 1. The monoisotopic (exact) mass is 227 g/mol. The highest BCUT2D eigenvalue weighted by atomic mass is 32.2. The van der Waals surface area contributed by atoms with Gasteiger partial charge in [-0.15, -0.1) is 11.3 Å². The average molecular weight is 227 g/mol. The van der Waals surface area contributed by atoms with Gasteiger partial charge in [0.15, 0.2) is 0 Å². The lowest BCUT2D eigenvalue weighted by Gasteiger charge is -1.99. The standard InChI is InChI=1S/C10H13NOS2/c1-2-3-11-10(12)8-4-7-5-13-6-9(7)14-8/h4H,2-3,5-6H2,1H3,(H,11,12). The molecule has 0 bridgehead atoms. The van der Waals surface area contributed by atoms with Gasteiger partial charge in [0.1, 0.15) is 0 Å². The number of nitrogens with one attached hydrogen (secondary N) is 1. The Morgan fingerprint density at radius 1 is 1.57 bits per heavy atom. The average Bonchev–Trinajstić information content (AvgIpc) is 2.72. The van der Waals surface area contributed by atoms with Crippen molar-refractivity contribution in [3.8, 4) is 0 Å². The van der Waals surface area contributed by atoms with Gasteiger partial charge in [0, 0.05) is 22.9 Å². The number of rotatable bonds is 3. The van der Waals surface area contributed by atoms with Crippen molar-refractivity contribution in [3.63, 3.8) is 0 Å². The molecule has 1 aromatic heterocycles. The molecule has 0 aromatic carbocycles. The van der Waals surface area contributed by atoms with Gasteiger partial charge in [0.25, 0.3) is 5.91 Å². The van der Waals surface area contributed by atoms with Crippen LogP contribution in [0.4, 0.5) is 0 Å². The predicted molar refractivity (Wildman–Crippen MR) is 61.9 cm³/mol. The molecule has 76 valence electrons. The van der Waals surface area contributed by atoms with Crippen molar-refractivity contribution in [2.24, 2.45) is 0 Å². The molecule has 14 heavy (non-hydrogen) atoms. The first-order valence-corrected chi connectivity index (χ1v) is 6.76. The van der Waals surface area contributed by atoms with Crippen molar-refractivity contribution in [2.45, 2.75) is 24.9 Å². The molecule has 4 heteroatoms. The largest absolute Gasteiger partial charge is 0.351 e. The van der Waals surface area contributed by atoms with E-state index >= 15 is 0 Å². The van der Waals surface area contributed by atoms with Crippen molar-refractivity contribution < 1.29 is 4.79 Å². The van der Waals surface area contributed by atoms with E-state index in [2.05, 4.69) is 12.2 Å². The van der Waals surface area contributed by atoms with Crippen molar-refractivity contribution in [1.82, 2.24) is 5.32 Å². The molecule has 0 spiro atoms. The molecule has 0 aliphatic carbocycles. The van der Waals surface area contributed by atoms with Gasteiger partial charge < -0.3 is 5.32 Å².